The van der Waals surface area contributed by atoms with Gasteiger partial charge in [0.2, 0.25) is 0 Å². The number of nitrogens with one attached hydrogen (secondary N) is 1. The van der Waals surface area contributed by atoms with Gasteiger partial charge in [0.25, 0.3) is 0 Å². The average molecular weight is 241 g/mol. The smallest absolute Gasteiger partial charge is 0.323 e. The standard InChI is InChI=1S/C14H27NO2/c1-4-11-7-9-14(10-8-11,13(16)17)15-12(5-2)6-3/h11-12,15H,4-10H2,1-3H3,(H,16,17). The lowest BCUT2D eigenvalue weighted by Crippen LogP contribution is -2.57. The number of carboxylic acid groups (broad SMARTS) is 1. The second-order valence-corrected chi connectivity index (χ2v) is 5.40. The van der Waals surface area contributed by atoms with Gasteiger partial charge in [-0.25, -0.2) is 0 Å². The number of aliphatic carboxylic acids is 1. The molecule has 0 atom stereocenters. The molecule has 100 valence electrons. The van der Waals surface area contributed by atoms with Crippen LogP contribution in [0.4, 0.5) is 0 Å². The summed E-state index contributed by atoms with van der Waals surface area (Å²) < 4.78 is 0. The first-order valence-electron chi connectivity index (χ1n) is 7.09. The summed E-state index contributed by atoms with van der Waals surface area (Å²) >= 11 is 0. The highest BCUT2D eigenvalue weighted by molar-refractivity contribution is 5.79. The van der Waals surface area contributed by atoms with Crippen molar-refractivity contribution in [3.05, 3.63) is 0 Å². The molecule has 17 heavy (non-hydrogen) atoms. The zero-order chi connectivity index (χ0) is 12.9. The highest BCUT2D eigenvalue weighted by Gasteiger charge is 2.42. The third-order valence-electron chi connectivity index (χ3n) is 4.41. The molecule has 0 amide bonds. The van der Waals surface area contributed by atoms with Gasteiger partial charge < -0.3 is 5.11 Å². The van der Waals surface area contributed by atoms with Crippen molar-refractivity contribution < 1.29 is 9.90 Å². The summed E-state index contributed by atoms with van der Waals surface area (Å²) in [6.45, 7) is 6.44. The molecule has 0 bridgehead atoms. The summed E-state index contributed by atoms with van der Waals surface area (Å²) in [7, 11) is 0. The highest BCUT2D eigenvalue weighted by Crippen LogP contribution is 2.34. The lowest BCUT2D eigenvalue weighted by molar-refractivity contribution is -0.147. The largest absolute Gasteiger partial charge is 0.480 e. The van der Waals surface area contributed by atoms with E-state index in [1.807, 2.05) is 0 Å². The quantitative estimate of drug-likeness (QED) is 0.751. The summed E-state index contributed by atoms with van der Waals surface area (Å²) in [5.74, 6) is 0.0740. The molecule has 1 rings (SSSR count). The van der Waals surface area contributed by atoms with Gasteiger partial charge in [0.05, 0.1) is 0 Å². The number of hydrogen-bond acceptors (Lipinski definition) is 2. The molecular weight excluding hydrogens is 214 g/mol. The fraction of sp³-hybridized carbons (Fsp3) is 0.929. The van der Waals surface area contributed by atoms with E-state index < -0.39 is 11.5 Å². The van der Waals surface area contributed by atoms with Crippen molar-refractivity contribution in [3.8, 4) is 0 Å². The summed E-state index contributed by atoms with van der Waals surface area (Å²) in [5.41, 5.74) is -0.650. The van der Waals surface area contributed by atoms with E-state index in [4.69, 9.17) is 0 Å². The summed E-state index contributed by atoms with van der Waals surface area (Å²) in [5, 5.41) is 12.9. The zero-order valence-corrected chi connectivity index (χ0v) is 11.5. The number of hydrogen-bond donors (Lipinski definition) is 2. The van der Waals surface area contributed by atoms with Crippen LogP contribution in [0.5, 0.6) is 0 Å². The fourth-order valence-corrected chi connectivity index (χ4v) is 2.88. The minimum Gasteiger partial charge on any atom is -0.480 e. The molecule has 0 radical (unpaired) electrons. The maximum absolute atomic E-state index is 11.6. The topological polar surface area (TPSA) is 49.3 Å². The van der Waals surface area contributed by atoms with E-state index in [-0.39, 0.29) is 0 Å². The van der Waals surface area contributed by atoms with Crippen molar-refractivity contribution in [1.82, 2.24) is 5.32 Å². The maximum atomic E-state index is 11.6. The van der Waals surface area contributed by atoms with E-state index in [0.29, 0.717) is 6.04 Å². The van der Waals surface area contributed by atoms with Gasteiger partial charge in [-0.3, -0.25) is 10.1 Å². The molecule has 1 saturated carbocycles. The molecule has 1 aliphatic carbocycles. The van der Waals surface area contributed by atoms with Gasteiger partial charge in [-0.2, -0.15) is 0 Å². The van der Waals surface area contributed by atoms with Crippen LogP contribution in [0.25, 0.3) is 0 Å². The van der Waals surface area contributed by atoms with Crippen molar-refractivity contribution >= 4 is 5.97 Å². The Morgan fingerprint density at radius 2 is 1.82 bits per heavy atom. The predicted molar refractivity (Wildman–Crippen MR) is 70.1 cm³/mol. The van der Waals surface area contributed by atoms with Gasteiger partial charge in [0, 0.05) is 6.04 Å². The molecule has 0 unspecified atom stereocenters. The van der Waals surface area contributed by atoms with E-state index in [2.05, 4.69) is 26.1 Å². The second-order valence-electron chi connectivity index (χ2n) is 5.40. The maximum Gasteiger partial charge on any atom is 0.323 e. The molecule has 0 spiro atoms. The van der Waals surface area contributed by atoms with E-state index in [1.165, 1.54) is 6.42 Å². The van der Waals surface area contributed by atoms with Crippen LogP contribution in [0.1, 0.15) is 65.7 Å². The molecule has 0 heterocycles. The van der Waals surface area contributed by atoms with Crippen LogP contribution in [-0.4, -0.2) is 22.7 Å². The third kappa shape index (κ3) is 3.44. The van der Waals surface area contributed by atoms with Crippen LogP contribution < -0.4 is 5.32 Å². The van der Waals surface area contributed by atoms with Gasteiger partial charge >= 0.3 is 5.97 Å². The van der Waals surface area contributed by atoms with Crippen LogP contribution in [0.3, 0.4) is 0 Å². The highest BCUT2D eigenvalue weighted by atomic mass is 16.4. The van der Waals surface area contributed by atoms with Crippen molar-refractivity contribution in [2.45, 2.75) is 77.3 Å². The Morgan fingerprint density at radius 3 is 2.18 bits per heavy atom. The first kappa shape index (κ1) is 14.5. The monoisotopic (exact) mass is 241 g/mol. The number of carbonyl (C=O) groups is 1. The molecule has 0 aromatic rings. The Bertz CT molecular complexity index is 241. The molecule has 2 N–H and O–H groups in total. The molecule has 0 aliphatic heterocycles. The van der Waals surface area contributed by atoms with Crippen molar-refractivity contribution in [1.29, 1.82) is 0 Å². The first-order valence-corrected chi connectivity index (χ1v) is 7.09. The van der Waals surface area contributed by atoms with E-state index in [0.717, 1.165) is 44.4 Å². The van der Waals surface area contributed by atoms with E-state index >= 15 is 0 Å². The predicted octanol–water partition coefficient (Wildman–Crippen LogP) is 3.19. The Kier molecular flexibility index (Phi) is 5.44. The Labute approximate surface area is 105 Å². The van der Waals surface area contributed by atoms with Crippen molar-refractivity contribution in [3.63, 3.8) is 0 Å². The molecule has 1 aliphatic rings. The normalized spacial score (nSPS) is 29.5. The summed E-state index contributed by atoms with van der Waals surface area (Å²) in [6, 6.07) is 0.337. The van der Waals surface area contributed by atoms with Crippen molar-refractivity contribution in [2.75, 3.05) is 0 Å². The van der Waals surface area contributed by atoms with Crippen LogP contribution in [0.2, 0.25) is 0 Å². The summed E-state index contributed by atoms with van der Waals surface area (Å²) in [4.78, 5) is 11.6. The van der Waals surface area contributed by atoms with Gasteiger partial charge in [0.15, 0.2) is 0 Å². The Balaban J connectivity index is 2.68. The van der Waals surface area contributed by atoms with Gasteiger partial charge in [-0.1, -0.05) is 27.2 Å². The van der Waals surface area contributed by atoms with Gasteiger partial charge in [0.1, 0.15) is 5.54 Å². The van der Waals surface area contributed by atoms with Crippen LogP contribution in [-0.2, 0) is 4.79 Å². The van der Waals surface area contributed by atoms with Crippen LogP contribution in [0.15, 0.2) is 0 Å². The summed E-state index contributed by atoms with van der Waals surface area (Å²) in [6.07, 6.45) is 6.87. The fourth-order valence-electron chi connectivity index (χ4n) is 2.88. The first-order chi connectivity index (χ1) is 8.07. The number of rotatable bonds is 6. The zero-order valence-electron chi connectivity index (χ0n) is 11.5. The van der Waals surface area contributed by atoms with Crippen molar-refractivity contribution in [2.24, 2.45) is 5.92 Å². The Hall–Kier alpha value is -0.570. The molecule has 0 saturated heterocycles. The molecule has 0 aromatic carbocycles. The second kappa shape index (κ2) is 6.39. The van der Waals surface area contributed by atoms with Gasteiger partial charge in [-0.15, -0.1) is 0 Å². The van der Waals surface area contributed by atoms with Crippen LogP contribution in [0, 0.1) is 5.92 Å². The lowest BCUT2D eigenvalue weighted by Gasteiger charge is -2.39. The molecular formula is C14H27NO2. The molecule has 1 fully saturated rings. The van der Waals surface area contributed by atoms with E-state index in [1.54, 1.807) is 0 Å². The Morgan fingerprint density at radius 1 is 1.29 bits per heavy atom. The average Bonchev–Trinajstić information content (AvgIpc) is 2.36. The van der Waals surface area contributed by atoms with Gasteiger partial charge in [-0.05, 0) is 44.4 Å². The van der Waals surface area contributed by atoms with Crippen LogP contribution >= 0.6 is 0 Å². The lowest BCUT2D eigenvalue weighted by atomic mass is 9.75. The number of carboxylic acids is 1. The SMILES string of the molecule is CCC1CCC(NC(CC)CC)(C(=O)O)CC1. The minimum absolute atomic E-state index is 0.337. The molecule has 0 aromatic heterocycles. The molecule has 3 heteroatoms. The molecule has 3 nitrogen and oxygen atoms in total. The third-order valence-corrected chi connectivity index (χ3v) is 4.41. The minimum atomic E-state index is -0.654. The van der Waals surface area contributed by atoms with E-state index in [9.17, 15) is 9.90 Å².